The third-order valence-corrected chi connectivity index (χ3v) is 4.06. The lowest BCUT2D eigenvalue weighted by molar-refractivity contribution is 0.131. The lowest BCUT2D eigenvalue weighted by Gasteiger charge is -2.33. The van der Waals surface area contributed by atoms with Crippen molar-refractivity contribution in [3.05, 3.63) is 53.1 Å². The van der Waals surface area contributed by atoms with Gasteiger partial charge >= 0.3 is 0 Å². The first-order valence-corrected chi connectivity index (χ1v) is 7.96. The van der Waals surface area contributed by atoms with Crippen LogP contribution in [0.25, 0.3) is 0 Å². The third-order valence-electron chi connectivity index (χ3n) is 4.06. The molecule has 122 valence electrons. The van der Waals surface area contributed by atoms with Crippen LogP contribution in [0.3, 0.4) is 0 Å². The Morgan fingerprint density at radius 3 is 2.61 bits per heavy atom. The zero-order valence-electron chi connectivity index (χ0n) is 13.4. The molecule has 2 N–H and O–H groups in total. The zero-order chi connectivity index (χ0) is 16.1. The van der Waals surface area contributed by atoms with E-state index in [9.17, 15) is 0 Å². The third kappa shape index (κ3) is 4.18. The van der Waals surface area contributed by atoms with Gasteiger partial charge in [-0.15, -0.1) is 0 Å². The van der Waals surface area contributed by atoms with Gasteiger partial charge in [-0.3, -0.25) is 9.91 Å². The van der Waals surface area contributed by atoms with Crippen molar-refractivity contribution in [3.8, 4) is 0 Å². The molecule has 0 saturated carbocycles. The first-order valence-electron chi connectivity index (χ1n) is 7.96. The number of hydrogen-bond acceptors (Lipinski definition) is 5. The van der Waals surface area contributed by atoms with Gasteiger partial charge in [0.1, 0.15) is 18.1 Å². The summed E-state index contributed by atoms with van der Waals surface area (Å²) in [7, 11) is 0. The van der Waals surface area contributed by atoms with Gasteiger partial charge in [-0.2, -0.15) is 5.10 Å². The van der Waals surface area contributed by atoms with Gasteiger partial charge in [-0.1, -0.05) is 30.3 Å². The molecule has 0 radical (unpaired) electrons. The fraction of sp³-hybridized carbons (Fsp3) is 0.412. The van der Waals surface area contributed by atoms with Gasteiger partial charge in [0.15, 0.2) is 0 Å². The van der Waals surface area contributed by atoms with E-state index < -0.39 is 0 Å². The van der Waals surface area contributed by atoms with Crippen LogP contribution in [0.2, 0.25) is 0 Å². The van der Waals surface area contributed by atoms with E-state index in [-0.39, 0.29) is 6.61 Å². The van der Waals surface area contributed by atoms with Gasteiger partial charge in [-0.05, 0) is 12.5 Å². The second kappa shape index (κ2) is 7.39. The summed E-state index contributed by atoms with van der Waals surface area (Å²) in [5, 5.41) is 15.7. The predicted molar refractivity (Wildman–Crippen MR) is 90.1 cm³/mol. The molecule has 2 heterocycles. The van der Waals surface area contributed by atoms with E-state index in [4.69, 9.17) is 5.11 Å². The average molecular weight is 313 g/mol. The molecule has 0 spiro atoms. The fourth-order valence-corrected chi connectivity index (χ4v) is 2.73. The summed E-state index contributed by atoms with van der Waals surface area (Å²) in [6.07, 6.45) is 1.78. The van der Waals surface area contributed by atoms with Crippen LogP contribution in [-0.2, 0) is 13.2 Å². The number of benzene rings is 1. The number of aryl methyl sites for hydroxylation is 1. The smallest absolute Gasteiger partial charge is 0.132 e. The monoisotopic (exact) mass is 313 g/mol. The van der Waals surface area contributed by atoms with E-state index in [2.05, 4.69) is 55.3 Å². The van der Waals surface area contributed by atoms with Gasteiger partial charge in [-0.25, -0.2) is 4.98 Å². The molecule has 0 amide bonds. The van der Waals surface area contributed by atoms with E-state index in [0.717, 1.165) is 44.1 Å². The number of aliphatic hydroxyl groups excluding tert-OH is 1. The van der Waals surface area contributed by atoms with E-state index in [0.29, 0.717) is 5.82 Å². The minimum atomic E-state index is -0.0765. The maximum absolute atomic E-state index is 9.09. The molecule has 0 aliphatic carbocycles. The summed E-state index contributed by atoms with van der Waals surface area (Å²) in [5.41, 5.74) is 3.08. The van der Waals surface area contributed by atoms with Gasteiger partial charge in [0, 0.05) is 38.4 Å². The number of aliphatic hydroxyl groups is 1. The molecule has 1 saturated heterocycles. The molecule has 23 heavy (non-hydrogen) atoms. The highest BCUT2D eigenvalue weighted by Crippen LogP contribution is 2.09. The maximum atomic E-state index is 9.09. The van der Waals surface area contributed by atoms with Crippen molar-refractivity contribution in [2.24, 2.45) is 5.10 Å². The Balaban J connectivity index is 1.50. The van der Waals surface area contributed by atoms with Crippen molar-refractivity contribution >= 4 is 6.21 Å². The van der Waals surface area contributed by atoms with Gasteiger partial charge in [0.25, 0.3) is 0 Å². The first-order chi connectivity index (χ1) is 11.2. The number of aromatic nitrogens is 2. The highest BCUT2D eigenvalue weighted by Gasteiger charge is 2.15. The molecule has 1 fully saturated rings. The van der Waals surface area contributed by atoms with Crippen molar-refractivity contribution in [2.75, 3.05) is 26.2 Å². The van der Waals surface area contributed by atoms with E-state index in [1.165, 1.54) is 5.56 Å². The van der Waals surface area contributed by atoms with Gasteiger partial charge in [0.05, 0.1) is 6.21 Å². The molecular weight excluding hydrogens is 290 g/mol. The second-order valence-corrected chi connectivity index (χ2v) is 5.81. The Kier molecular flexibility index (Phi) is 5.05. The first kappa shape index (κ1) is 15.7. The van der Waals surface area contributed by atoms with Crippen LogP contribution in [-0.4, -0.2) is 57.4 Å². The molecule has 1 aromatic carbocycles. The number of aromatic amines is 1. The minimum Gasteiger partial charge on any atom is -0.388 e. The van der Waals surface area contributed by atoms with Crippen molar-refractivity contribution < 1.29 is 5.11 Å². The summed E-state index contributed by atoms with van der Waals surface area (Å²) in [6.45, 7) is 6.70. The second-order valence-electron chi connectivity index (χ2n) is 5.81. The molecule has 0 bridgehead atoms. The molecule has 3 rings (SSSR count). The topological polar surface area (TPSA) is 67.7 Å². The summed E-state index contributed by atoms with van der Waals surface area (Å²) in [5.74, 6) is 0.580. The minimum absolute atomic E-state index is 0.0765. The normalized spacial score (nSPS) is 16.3. The lowest BCUT2D eigenvalue weighted by Crippen LogP contribution is -2.43. The number of rotatable bonds is 5. The molecule has 6 heteroatoms. The number of H-pyrrole nitrogens is 1. The largest absolute Gasteiger partial charge is 0.388 e. The quantitative estimate of drug-likeness (QED) is 0.818. The molecular formula is C17H23N5O. The Hall–Kier alpha value is -2.18. The lowest BCUT2D eigenvalue weighted by atomic mass is 10.2. The number of nitrogens with one attached hydrogen (secondary N) is 1. The summed E-state index contributed by atoms with van der Waals surface area (Å²) < 4.78 is 0. The highest BCUT2D eigenvalue weighted by atomic mass is 16.3. The SMILES string of the molecule is Cc1[nH]c(CO)nc1/C=N/N1CCN(Cc2ccccc2)CC1. The number of piperazine rings is 1. The molecule has 1 aliphatic rings. The predicted octanol–water partition coefficient (Wildman–Crippen LogP) is 1.36. The van der Waals surface area contributed by atoms with Crippen LogP contribution in [0.15, 0.2) is 35.4 Å². The number of imidazole rings is 1. The summed E-state index contributed by atoms with van der Waals surface area (Å²) >= 11 is 0. The van der Waals surface area contributed by atoms with Crippen LogP contribution < -0.4 is 0 Å². The van der Waals surface area contributed by atoms with Crippen molar-refractivity contribution in [1.82, 2.24) is 19.9 Å². The maximum Gasteiger partial charge on any atom is 0.132 e. The van der Waals surface area contributed by atoms with Crippen molar-refractivity contribution in [1.29, 1.82) is 0 Å². The number of nitrogens with zero attached hydrogens (tertiary/aromatic N) is 4. The molecule has 1 aromatic heterocycles. The Morgan fingerprint density at radius 2 is 1.96 bits per heavy atom. The molecule has 0 atom stereocenters. The van der Waals surface area contributed by atoms with Crippen molar-refractivity contribution in [3.63, 3.8) is 0 Å². The van der Waals surface area contributed by atoms with Crippen LogP contribution in [0.5, 0.6) is 0 Å². The highest BCUT2D eigenvalue weighted by molar-refractivity contribution is 5.78. The molecule has 1 aliphatic heterocycles. The fourth-order valence-electron chi connectivity index (χ4n) is 2.73. The standard InChI is InChI=1S/C17H23N5O/c1-14-16(20-17(13-23)19-14)11-18-22-9-7-21(8-10-22)12-15-5-3-2-4-6-15/h2-6,11,23H,7-10,12-13H2,1H3,(H,19,20)/b18-11+. The average Bonchev–Trinajstić information content (AvgIpc) is 2.95. The number of hydrogen-bond donors (Lipinski definition) is 2. The van der Waals surface area contributed by atoms with Crippen LogP contribution in [0, 0.1) is 6.92 Å². The molecule has 0 unspecified atom stereocenters. The number of hydrazone groups is 1. The van der Waals surface area contributed by atoms with E-state index in [1.807, 2.05) is 6.92 Å². The molecule has 6 nitrogen and oxygen atoms in total. The van der Waals surface area contributed by atoms with Crippen LogP contribution >= 0.6 is 0 Å². The summed E-state index contributed by atoms with van der Waals surface area (Å²) in [6, 6.07) is 10.6. The van der Waals surface area contributed by atoms with Crippen molar-refractivity contribution in [2.45, 2.75) is 20.1 Å². The Labute approximate surface area is 136 Å². The molecule has 2 aromatic rings. The Morgan fingerprint density at radius 1 is 1.22 bits per heavy atom. The zero-order valence-corrected chi connectivity index (χ0v) is 13.4. The summed E-state index contributed by atoms with van der Waals surface area (Å²) in [4.78, 5) is 9.78. The van der Waals surface area contributed by atoms with E-state index >= 15 is 0 Å². The van der Waals surface area contributed by atoms with E-state index in [1.54, 1.807) is 6.21 Å². The van der Waals surface area contributed by atoms with Crippen LogP contribution in [0.1, 0.15) is 22.8 Å². The van der Waals surface area contributed by atoms with Gasteiger partial charge < -0.3 is 10.1 Å². The van der Waals surface area contributed by atoms with Gasteiger partial charge in [0.2, 0.25) is 0 Å². The van der Waals surface area contributed by atoms with Crippen LogP contribution in [0.4, 0.5) is 0 Å². The Bertz CT molecular complexity index is 644.